The van der Waals surface area contributed by atoms with Crippen LogP contribution in [0.3, 0.4) is 0 Å². The Labute approximate surface area is 94.0 Å². The van der Waals surface area contributed by atoms with E-state index in [1.165, 1.54) is 0 Å². The smallest absolute Gasteiger partial charge is 0.292 e. The van der Waals surface area contributed by atoms with Crippen molar-refractivity contribution in [1.29, 1.82) is 0 Å². The van der Waals surface area contributed by atoms with Crippen molar-refractivity contribution in [3.63, 3.8) is 0 Å². The molecule has 2 rings (SSSR count). The fourth-order valence-electron chi connectivity index (χ4n) is 2.02. The number of hydrogen-bond acceptors (Lipinski definition) is 4. The molecule has 0 saturated carbocycles. The van der Waals surface area contributed by atoms with E-state index in [4.69, 9.17) is 9.63 Å². The van der Waals surface area contributed by atoms with E-state index < -0.39 is 0 Å². The van der Waals surface area contributed by atoms with E-state index in [9.17, 15) is 4.79 Å². The van der Waals surface area contributed by atoms with Gasteiger partial charge >= 0.3 is 0 Å². The molecule has 1 aromatic rings. The van der Waals surface area contributed by atoms with Crippen molar-refractivity contribution in [3.05, 3.63) is 17.5 Å². The summed E-state index contributed by atoms with van der Waals surface area (Å²) in [6, 6.07) is 1.64. The lowest BCUT2D eigenvalue weighted by Gasteiger charge is -2.30. The molecule has 1 fully saturated rings. The Kier molecular flexibility index (Phi) is 3.24. The van der Waals surface area contributed by atoms with E-state index in [1.807, 2.05) is 0 Å². The maximum atomic E-state index is 12.0. The van der Waals surface area contributed by atoms with E-state index in [0.717, 1.165) is 19.4 Å². The molecule has 0 aliphatic carbocycles. The lowest BCUT2D eigenvalue weighted by atomic mass is 9.99. The first-order valence-corrected chi connectivity index (χ1v) is 5.54. The molecule has 0 radical (unpaired) electrons. The van der Waals surface area contributed by atoms with Crippen molar-refractivity contribution in [2.45, 2.75) is 19.8 Å². The molecule has 1 aromatic heterocycles. The maximum absolute atomic E-state index is 12.0. The van der Waals surface area contributed by atoms with Crippen LogP contribution in [-0.2, 0) is 0 Å². The maximum Gasteiger partial charge on any atom is 0.292 e. The van der Waals surface area contributed by atoms with Crippen molar-refractivity contribution in [2.75, 3.05) is 19.7 Å². The highest BCUT2D eigenvalue weighted by Gasteiger charge is 2.26. The molecule has 1 amide bonds. The number of aromatic nitrogens is 1. The number of likely N-dealkylation sites (tertiary alicyclic amines) is 1. The third kappa shape index (κ3) is 2.24. The highest BCUT2D eigenvalue weighted by molar-refractivity contribution is 5.91. The summed E-state index contributed by atoms with van der Waals surface area (Å²) < 4.78 is 4.94. The number of rotatable bonds is 2. The summed E-state index contributed by atoms with van der Waals surface area (Å²) in [5, 5.41) is 12.8. The second-order valence-electron chi connectivity index (χ2n) is 4.27. The van der Waals surface area contributed by atoms with Crippen molar-refractivity contribution in [2.24, 2.45) is 5.92 Å². The molecular formula is C11H16N2O3. The number of amides is 1. The zero-order valence-electron chi connectivity index (χ0n) is 9.35. The van der Waals surface area contributed by atoms with E-state index in [-0.39, 0.29) is 24.2 Å². The predicted molar refractivity (Wildman–Crippen MR) is 57.0 cm³/mol. The SMILES string of the molecule is Cc1cc(C(=O)N2CCCC(CO)C2)on1. The van der Waals surface area contributed by atoms with Crippen molar-refractivity contribution < 1.29 is 14.4 Å². The summed E-state index contributed by atoms with van der Waals surface area (Å²) in [6.45, 7) is 3.26. The summed E-state index contributed by atoms with van der Waals surface area (Å²) in [7, 11) is 0. The first-order chi connectivity index (χ1) is 7.70. The second-order valence-corrected chi connectivity index (χ2v) is 4.27. The summed E-state index contributed by atoms with van der Waals surface area (Å²) in [4.78, 5) is 13.7. The van der Waals surface area contributed by atoms with Crippen LogP contribution in [0.1, 0.15) is 29.1 Å². The fourth-order valence-corrected chi connectivity index (χ4v) is 2.02. The van der Waals surface area contributed by atoms with Crippen LogP contribution < -0.4 is 0 Å². The molecule has 1 saturated heterocycles. The molecule has 1 aliphatic rings. The van der Waals surface area contributed by atoms with Crippen LogP contribution in [0, 0.1) is 12.8 Å². The van der Waals surface area contributed by atoms with E-state index in [0.29, 0.717) is 12.2 Å². The molecule has 16 heavy (non-hydrogen) atoms. The zero-order chi connectivity index (χ0) is 11.5. The molecule has 5 heteroatoms. The molecule has 1 N–H and O–H groups in total. The highest BCUT2D eigenvalue weighted by Crippen LogP contribution is 2.18. The minimum atomic E-state index is -0.126. The van der Waals surface area contributed by atoms with Gasteiger partial charge in [0.2, 0.25) is 5.76 Å². The Balaban J connectivity index is 2.04. The van der Waals surface area contributed by atoms with Crippen LogP contribution >= 0.6 is 0 Å². The quantitative estimate of drug-likeness (QED) is 0.808. The topological polar surface area (TPSA) is 66.6 Å². The lowest BCUT2D eigenvalue weighted by molar-refractivity contribution is 0.0581. The van der Waals surface area contributed by atoms with Crippen molar-refractivity contribution in [3.8, 4) is 0 Å². The van der Waals surface area contributed by atoms with Crippen LogP contribution in [0.15, 0.2) is 10.6 Å². The minimum absolute atomic E-state index is 0.126. The molecule has 0 aromatic carbocycles. The molecule has 2 heterocycles. The highest BCUT2D eigenvalue weighted by atomic mass is 16.5. The monoisotopic (exact) mass is 224 g/mol. The number of nitrogens with zero attached hydrogens (tertiary/aromatic N) is 2. The number of carbonyl (C=O) groups excluding carboxylic acids is 1. The number of hydrogen-bond donors (Lipinski definition) is 1. The van der Waals surface area contributed by atoms with E-state index in [2.05, 4.69) is 5.16 Å². The van der Waals surface area contributed by atoms with Gasteiger partial charge in [0.15, 0.2) is 0 Å². The fraction of sp³-hybridized carbons (Fsp3) is 0.636. The largest absolute Gasteiger partial charge is 0.396 e. The van der Waals surface area contributed by atoms with Crippen LogP contribution in [0.2, 0.25) is 0 Å². The molecular weight excluding hydrogens is 208 g/mol. The molecule has 1 atom stereocenters. The number of aryl methyl sites for hydroxylation is 1. The first-order valence-electron chi connectivity index (χ1n) is 5.54. The Morgan fingerprint density at radius 2 is 2.56 bits per heavy atom. The van der Waals surface area contributed by atoms with Gasteiger partial charge in [0, 0.05) is 25.8 Å². The van der Waals surface area contributed by atoms with Gasteiger partial charge in [-0.25, -0.2) is 0 Å². The third-order valence-electron chi connectivity index (χ3n) is 2.90. The Morgan fingerprint density at radius 1 is 1.75 bits per heavy atom. The number of aliphatic hydroxyl groups is 1. The van der Waals surface area contributed by atoms with Gasteiger partial charge in [-0.3, -0.25) is 4.79 Å². The summed E-state index contributed by atoms with van der Waals surface area (Å²) in [5.41, 5.74) is 0.707. The van der Waals surface area contributed by atoms with Gasteiger partial charge in [0.1, 0.15) is 0 Å². The van der Waals surface area contributed by atoms with Crippen LogP contribution in [0.5, 0.6) is 0 Å². The summed E-state index contributed by atoms with van der Waals surface area (Å²) >= 11 is 0. The van der Waals surface area contributed by atoms with Gasteiger partial charge in [-0.15, -0.1) is 0 Å². The molecule has 1 aliphatic heterocycles. The van der Waals surface area contributed by atoms with Gasteiger partial charge in [-0.2, -0.15) is 0 Å². The van der Waals surface area contributed by atoms with Gasteiger partial charge in [-0.1, -0.05) is 5.16 Å². The van der Waals surface area contributed by atoms with Gasteiger partial charge in [0.25, 0.3) is 5.91 Å². The van der Waals surface area contributed by atoms with Crippen LogP contribution in [0.4, 0.5) is 0 Å². The van der Waals surface area contributed by atoms with Crippen LogP contribution in [0.25, 0.3) is 0 Å². The Morgan fingerprint density at radius 3 is 3.19 bits per heavy atom. The van der Waals surface area contributed by atoms with E-state index in [1.54, 1.807) is 17.9 Å². The lowest BCUT2D eigenvalue weighted by Crippen LogP contribution is -2.40. The predicted octanol–water partition coefficient (Wildman–Crippen LogP) is 0.828. The second kappa shape index (κ2) is 4.65. The number of aliphatic hydroxyl groups excluding tert-OH is 1. The molecule has 0 bridgehead atoms. The zero-order valence-corrected chi connectivity index (χ0v) is 9.35. The van der Waals surface area contributed by atoms with Crippen molar-refractivity contribution in [1.82, 2.24) is 10.1 Å². The Hall–Kier alpha value is -1.36. The van der Waals surface area contributed by atoms with Crippen LogP contribution in [-0.4, -0.2) is 40.8 Å². The van der Waals surface area contributed by atoms with E-state index >= 15 is 0 Å². The average molecular weight is 224 g/mol. The summed E-state index contributed by atoms with van der Waals surface area (Å²) in [6.07, 6.45) is 1.92. The Bertz CT molecular complexity index is 375. The number of piperidine rings is 1. The molecule has 5 nitrogen and oxygen atoms in total. The van der Waals surface area contributed by atoms with Crippen molar-refractivity contribution >= 4 is 5.91 Å². The standard InChI is InChI=1S/C11H16N2O3/c1-8-5-10(16-12-8)11(15)13-4-2-3-9(6-13)7-14/h5,9,14H,2-4,6-7H2,1H3. The van der Waals surface area contributed by atoms with Gasteiger partial charge in [0.05, 0.1) is 5.69 Å². The third-order valence-corrected chi connectivity index (χ3v) is 2.90. The molecule has 88 valence electrons. The van der Waals surface area contributed by atoms with Gasteiger partial charge < -0.3 is 14.5 Å². The van der Waals surface area contributed by atoms with Gasteiger partial charge in [-0.05, 0) is 25.7 Å². The molecule has 0 spiro atoms. The number of carbonyl (C=O) groups is 1. The molecule has 1 unspecified atom stereocenters. The normalized spacial score (nSPS) is 21.1. The minimum Gasteiger partial charge on any atom is -0.396 e. The average Bonchev–Trinajstić information content (AvgIpc) is 2.75. The summed E-state index contributed by atoms with van der Waals surface area (Å²) in [5.74, 6) is 0.358. The first kappa shape index (κ1) is 11.1.